The predicted octanol–water partition coefficient (Wildman–Crippen LogP) is 2.86. The molecule has 1 heterocycles. The third-order valence-corrected chi connectivity index (χ3v) is 3.39. The molecule has 0 saturated heterocycles. The molecule has 0 radical (unpaired) electrons. The van der Waals surface area contributed by atoms with Crippen molar-refractivity contribution < 1.29 is 19.8 Å². The summed E-state index contributed by atoms with van der Waals surface area (Å²) in [6, 6.07) is 5.05. The molecular formula is C15H17NO4. The summed E-state index contributed by atoms with van der Waals surface area (Å²) in [4.78, 5) is 22.2. The van der Waals surface area contributed by atoms with Crippen LogP contribution in [0.3, 0.4) is 0 Å². The fourth-order valence-electron chi connectivity index (χ4n) is 2.48. The summed E-state index contributed by atoms with van der Waals surface area (Å²) in [5, 5.41) is 19.0. The van der Waals surface area contributed by atoms with E-state index in [2.05, 4.69) is 0 Å². The molecule has 5 heteroatoms. The lowest BCUT2D eigenvalue weighted by Gasteiger charge is -2.13. The zero-order valence-corrected chi connectivity index (χ0v) is 11.7. The van der Waals surface area contributed by atoms with Crippen LogP contribution >= 0.6 is 0 Å². The smallest absolute Gasteiger partial charge is 0.335 e. The van der Waals surface area contributed by atoms with E-state index in [-0.39, 0.29) is 18.0 Å². The first-order chi connectivity index (χ1) is 9.31. The largest absolute Gasteiger partial charge is 0.480 e. The van der Waals surface area contributed by atoms with Crippen molar-refractivity contribution in [2.24, 2.45) is 0 Å². The molecule has 0 aliphatic carbocycles. The van der Waals surface area contributed by atoms with Crippen LogP contribution in [0.5, 0.6) is 0 Å². The molecule has 0 atom stereocenters. The molecule has 0 fully saturated rings. The van der Waals surface area contributed by atoms with Gasteiger partial charge in [-0.3, -0.25) is 4.79 Å². The molecule has 1 aromatic carbocycles. The summed E-state index contributed by atoms with van der Waals surface area (Å²) in [6.45, 7) is 5.64. The van der Waals surface area contributed by atoms with Gasteiger partial charge in [0.25, 0.3) is 0 Å². The van der Waals surface area contributed by atoms with Crippen LogP contribution in [0.2, 0.25) is 0 Å². The predicted molar refractivity (Wildman–Crippen MR) is 75.4 cm³/mol. The number of aromatic carboxylic acids is 1. The molecule has 0 bridgehead atoms. The number of benzene rings is 1. The lowest BCUT2D eigenvalue weighted by atomic mass is 9.97. The van der Waals surface area contributed by atoms with Gasteiger partial charge in [-0.25, -0.2) is 4.79 Å². The number of carboxylic acids is 2. The molecule has 0 unspecified atom stereocenters. The first-order valence-electron chi connectivity index (χ1n) is 6.40. The number of carbonyl (C=O) groups is 2. The Kier molecular flexibility index (Phi) is 3.53. The number of hydrogen-bond acceptors (Lipinski definition) is 2. The number of nitrogens with zero attached hydrogens (tertiary/aromatic N) is 1. The maximum atomic E-state index is 11.2. The number of rotatable bonds is 4. The standard InChI is InChI=1S/C15H17NO4/c1-8(2)12-6-11(15(19)20)5-10-4-9(3)16(14(10)12)7-13(17)18/h4-6,8H,7H2,1-3H3,(H,17,18)(H,19,20). The summed E-state index contributed by atoms with van der Waals surface area (Å²) in [5.74, 6) is -1.78. The second kappa shape index (κ2) is 5.00. The van der Waals surface area contributed by atoms with Crippen molar-refractivity contribution in [3.63, 3.8) is 0 Å². The molecule has 0 spiro atoms. The van der Waals surface area contributed by atoms with Gasteiger partial charge in [0.1, 0.15) is 6.54 Å². The highest BCUT2D eigenvalue weighted by atomic mass is 16.4. The Morgan fingerprint density at radius 1 is 1.20 bits per heavy atom. The quantitative estimate of drug-likeness (QED) is 0.899. The lowest BCUT2D eigenvalue weighted by molar-refractivity contribution is -0.137. The van der Waals surface area contributed by atoms with Gasteiger partial charge in [0.05, 0.1) is 11.1 Å². The van der Waals surface area contributed by atoms with E-state index in [0.29, 0.717) is 0 Å². The first-order valence-corrected chi connectivity index (χ1v) is 6.40. The van der Waals surface area contributed by atoms with Crippen LogP contribution in [0, 0.1) is 6.92 Å². The number of fused-ring (bicyclic) bond motifs is 1. The fraction of sp³-hybridized carbons (Fsp3) is 0.333. The molecule has 5 nitrogen and oxygen atoms in total. The van der Waals surface area contributed by atoms with Crippen LogP contribution in [0.15, 0.2) is 18.2 Å². The highest BCUT2D eigenvalue weighted by Crippen LogP contribution is 2.30. The van der Waals surface area contributed by atoms with Crippen molar-refractivity contribution in [1.82, 2.24) is 4.57 Å². The van der Waals surface area contributed by atoms with Crippen molar-refractivity contribution >= 4 is 22.8 Å². The third kappa shape index (κ3) is 2.39. The molecule has 20 heavy (non-hydrogen) atoms. The molecule has 2 N–H and O–H groups in total. The SMILES string of the molecule is Cc1cc2cc(C(=O)O)cc(C(C)C)c2n1CC(=O)O. The minimum Gasteiger partial charge on any atom is -0.480 e. The molecule has 0 aliphatic rings. The summed E-state index contributed by atoms with van der Waals surface area (Å²) in [5.41, 5.74) is 2.71. The molecule has 2 rings (SSSR count). The maximum absolute atomic E-state index is 11.2. The van der Waals surface area contributed by atoms with Gasteiger partial charge in [0.2, 0.25) is 0 Å². The fourth-order valence-corrected chi connectivity index (χ4v) is 2.48. The Hall–Kier alpha value is -2.30. The highest BCUT2D eigenvalue weighted by molar-refractivity contribution is 5.96. The Morgan fingerprint density at radius 2 is 1.85 bits per heavy atom. The second-order valence-corrected chi connectivity index (χ2v) is 5.23. The number of hydrogen-bond donors (Lipinski definition) is 2. The summed E-state index contributed by atoms with van der Waals surface area (Å²) < 4.78 is 1.72. The first kappa shape index (κ1) is 14.1. The van der Waals surface area contributed by atoms with Crippen molar-refractivity contribution in [3.05, 3.63) is 35.0 Å². The van der Waals surface area contributed by atoms with Gasteiger partial charge in [0, 0.05) is 11.1 Å². The van der Waals surface area contributed by atoms with E-state index in [1.807, 2.05) is 26.8 Å². The Labute approximate surface area is 116 Å². The monoisotopic (exact) mass is 275 g/mol. The number of aryl methyl sites for hydroxylation is 1. The summed E-state index contributed by atoms with van der Waals surface area (Å²) in [6.07, 6.45) is 0. The van der Waals surface area contributed by atoms with Gasteiger partial charge < -0.3 is 14.8 Å². The zero-order chi connectivity index (χ0) is 15.0. The minimum atomic E-state index is -0.975. The maximum Gasteiger partial charge on any atom is 0.335 e. The summed E-state index contributed by atoms with van der Waals surface area (Å²) in [7, 11) is 0. The van der Waals surface area contributed by atoms with Gasteiger partial charge in [-0.2, -0.15) is 0 Å². The molecule has 2 aromatic rings. The van der Waals surface area contributed by atoms with Crippen molar-refractivity contribution in [2.45, 2.75) is 33.2 Å². The second-order valence-electron chi connectivity index (χ2n) is 5.23. The molecule has 1 aromatic heterocycles. The average molecular weight is 275 g/mol. The van der Waals surface area contributed by atoms with Crippen LogP contribution < -0.4 is 0 Å². The van der Waals surface area contributed by atoms with Gasteiger partial charge in [-0.05, 0) is 36.6 Å². The number of aliphatic carboxylic acids is 1. The van der Waals surface area contributed by atoms with Crippen LogP contribution in [-0.4, -0.2) is 26.7 Å². The zero-order valence-electron chi connectivity index (χ0n) is 11.7. The minimum absolute atomic E-state index is 0.110. The van der Waals surface area contributed by atoms with E-state index < -0.39 is 11.9 Å². The van der Waals surface area contributed by atoms with Gasteiger partial charge in [-0.15, -0.1) is 0 Å². The van der Waals surface area contributed by atoms with E-state index in [1.165, 1.54) is 0 Å². The normalized spacial score (nSPS) is 11.2. The molecule has 106 valence electrons. The molecule has 0 saturated carbocycles. The van der Waals surface area contributed by atoms with E-state index in [9.17, 15) is 14.7 Å². The third-order valence-electron chi connectivity index (χ3n) is 3.39. The van der Waals surface area contributed by atoms with Crippen LogP contribution in [0.1, 0.15) is 41.4 Å². The van der Waals surface area contributed by atoms with E-state index in [1.54, 1.807) is 16.7 Å². The molecule has 0 amide bonds. The highest BCUT2D eigenvalue weighted by Gasteiger charge is 2.17. The van der Waals surface area contributed by atoms with Gasteiger partial charge in [-0.1, -0.05) is 13.8 Å². The van der Waals surface area contributed by atoms with Crippen LogP contribution in [-0.2, 0) is 11.3 Å². The van der Waals surface area contributed by atoms with Crippen molar-refractivity contribution in [3.8, 4) is 0 Å². The Morgan fingerprint density at radius 3 is 2.35 bits per heavy atom. The average Bonchev–Trinajstić information content (AvgIpc) is 2.63. The van der Waals surface area contributed by atoms with Crippen molar-refractivity contribution in [1.29, 1.82) is 0 Å². The van der Waals surface area contributed by atoms with E-state index in [4.69, 9.17) is 5.11 Å². The van der Waals surface area contributed by atoms with Gasteiger partial charge in [0.15, 0.2) is 0 Å². The topological polar surface area (TPSA) is 79.5 Å². The number of carboxylic acid groups (broad SMARTS) is 2. The Bertz CT molecular complexity index is 697. The van der Waals surface area contributed by atoms with E-state index >= 15 is 0 Å². The van der Waals surface area contributed by atoms with Crippen LogP contribution in [0.25, 0.3) is 10.9 Å². The molecule has 0 aliphatic heterocycles. The molecular weight excluding hydrogens is 258 g/mol. The van der Waals surface area contributed by atoms with Crippen molar-refractivity contribution in [2.75, 3.05) is 0 Å². The van der Waals surface area contributed by atoms with E-state index in [0.717, 1.165) is 22.2 Å². The lowest BCUT2D eigenvalue weighted by Crippen LogP contribution is -2.11. The van der Waals surface area contributed by atoms with Crippen LogP contribution in [0.4, 0.5) is 0 Å². The summed E-state index contributed by atoms with van der Waals surface area (Å²) >= 11 is 0. The Balaban J connectivity index is 2.80. The van der Waals surface area contributed by atoms with Gasteiger partial charge >= 0.3 is 11.9 Å². The number of aromatic nitrogens is 1.